The first-order valence-corrected chi connectivity index (χ1v) is 9.98. The van der Waals surface area contributed by atoms with E-state index >= 15 is 0 Å². The van der Waals surface area contributed by atoms with Crippen LogP contribution < -0.4 is 9.46 Å². The van der Waals surface area contributed by atoms with Gasteiger partial charge in [-0.05, 0) is 49.2 Å². The third kappa shape index (κ3) is 4.23. The quantitative estimate of drug-likeness (QED) is 0.871. The summed E-state index contributed by atoms with van der Waals surface area (Å²) in [6.07, 6.45) is 1.18. The van der Waals surface area contributed by atoms with Crippen LogP contribution in [0.2, 0.25) is 0 Å². The minimum atomic E-state index is -3.52. The van der Waals surface area contributed by atoms with Crippen molar-refractivity contribution in [3.05, 3.63) is 60.2 Å². The first-order valence-electron chi connectivity index (χ1n) is 8.50. The highest BCUT2D eigenvalue weighted by molar-refractivity contribution is 7.89. The number of piperidine rings is 1. The van der Waals surface area contributed by atoms with E-state index in [0.29, 0.717) is 37.2 Å². The maximum atomic E-state index is 12.6. The van der Waals surface area contributed by atoms with Crippen molar-refractivity contribution in [3.63, 3.8) is 0 Å². The van der Waals surface area contributed by atoms with Crippen LogP contribution in [0.5, 0.6) is 5.75 Å². The van der Waals surface area contributed by atoms with Crippen molar-refractivity contribution >= 4 is 15.9 Å². The number of rotatable bonds is 5. The Morgan fingerprint density at radius 3 is 2.23 bits per heavy atom. The van der Waals surface area contributed by atoms with Gasteiger partial charge in [0.2, 0.25) is 10.0 Å². The summed E-state index contributed by atoms with van der Waals surface area (Å²) in [5.41, 5.74) is 0.606. The number of sulfonamides is 1. The molecule has 0 spiro atoms. The Morgan fingerprint density at radius 1 is 1.04 bits per heavy atom. The monoisotopic (exact) mass is 374 g/mol. The standard InChI is InChI=1S/C19H22N2O4S/c1-25-17-9-7-15(8-10-17)19(22)21-13-11-16(12-14-21)20-26(23,24)18-5-3-2-4-6-18/h2-10,16,20H,11-14H2,1H3. The Morgan fingerprint density at radius 2 is 1.65 bits per heavy atom. The fourth-order valence-electron chi connectivity index (χ4n) is 3.00. The van der Waals surface area contributed by atoms with Gasteiger partial charge in [-0.25, -0.2) is 13.1 Å². The maximum absolute atomic E-state index is 12.6. The highest BCUT2D eigenvalue weighted by Gasteiger charge is 2.27. The van der Waals surface area contributed by atoms with Crippen LogP contribution in [0.4, 0.5) is 0 Å². The van der Waals surface area contributed by atoms with Crippen molar-refractivity contribution in [2.45, 2.75) is 23.8 Å². The summed E-state index contributed by atoms with van der Waals surface area (Å²) in [5.74, 6) is 0.660. The fourth-order valence-corrected chi connectivity index (χ4v) is 4.33. The molecular formula is C19H22N2O4S. The van der Waals surface area contributed by atoms with Crippen LogP contribution in [0.15, 0.2) is 59.5 Å². The molecule has 1 heterocycles. The van der Waals surface area contributed by atoms with Crippen LogP contribution in [0.1, 0.15) is 23.2 Å². The molecule has 0 unspecified atom stereocenters. The summed E-state index contributed by atoms with van der Waals surface area (Å²) in [7, 11) is -1.94. The van der Waals surface area contributed by atoms with E-state index in [2.05, 4.69) is 4.72 Å². The second kappa shape index (κ2) is 7.88. The summed E-state index contributed by atoms with van der Waals surface area (Å²) in [6, 6.07) is 15.2. The van der Waals surface area contributed by atoms with Gasteiger partial charge in [-0.2, -0.15) is 0 Å². The van der Waals surface area contributed by atoms with E-state index in [-0.39, 0.29) is 16.8 Å². The molecule has 0 aromatic heterocycles. The van der Waals surface area contributed by atoms with Gasteiger partial charge in [-0.1, -0.05) is 18.2 Å². The molecule has 26 heavy (non-hydrogen) atoms. The fraction of sp³-hybridized carbons (Fsp3) is 0.316. The minimum absolute atomic E-state index is 0.0444. The van der Waals surface area contributed by atoms with Crippen molar-refractivity contribution in [2.75, 3.05) is 20.2 Å². The van der Waals surface area contributed by atoms with E-state index < -0.39 is 10.0 Å². The van der Waals surface area contributed by atoms with E-state index in [4.69, 9.17) is 4.74 Å². The van der Waals surface area contributed by atoms with Gasteiger partial charge in [-0.15, -0.1) is 0 Å². The minimum Gasteiger partial charge on any atom is -0.497 e. The zero-order valence-electron chi connectivity index (χ0n) is 14.6. The summed E-state index contributed by atoms with van der Waals surface area (Å²) in [4.78, 5) is 14.6. The second-order valence-electron chi connectivity index (χ2n) is 6.23. The molecule has 0 saturated carbocycles. The third-order valence-electron chi connectivity index (χ3n) is 4.49. The molecule has 7 heteroatoms. The molecule has 0 radical (unpaired) electrons. The zero-order valence-corrected chi connectivity index (χ0v) is 15.4. The van der Waals surface area contributed by atoms with E-state index in [0.717, 1.165) is 0 Å². The molecule has 3 rings (SSSR count). The molecule has 1 amide bonds. The molecule has 1 aliphatic rings. The number of hydrogen-bond donors (Lipinski definition) is 1. The van der Waals surface area contributed by atoms with Crippen molar-refractivity contribution < 1.29 is 17.9 Å². The number of carbonyl (C=O) groups is 1. The largest absolute Gasteiger partial charge is 0.497 e. The lowest BCUT2D eigenvalue weighted by molar-refractivity contribution is 0.0711. The van der Waals surface area contributed by atoms with Crippen LogP contribution in [0.3, 0.4) is 0 Å². The number of methoxy groups -OCH3 is 1. The Balaban J connectivity index is 1.58. The Labute approximate surface area is 153 Å². The molecule has 1 aliphatic heterocycles. The Kier molecular flexibility index (Phi) is 5.58. The number of hydrogen-bond acceptors (Lipinski definition) is 4. The van der Waals surface area contributed by atoms with Crippen LogP contribution in [-0.2, 0) is 10.0 Å². The van der Waals surface area contributed by atoms with Crippen LogP contribution in [0, 0.1) is 0 Å². The van der Waals surface area contributed by atoms with Crippen LogP contribution >= 0.6 is 0 Å². The SMILES string of the molecule is COc1ccc(C(=O)N2CCC(NS(=O)(=O)c3ccccc3)CC2)cc1. The first kappa shape index (κ1) is 18.4. The molecule has 2 aromatic carbocycles. The summed E-state index contributed by atoms with van der Waals surface area (Å²) < 4.78 is 32.6. The van der Waals surface area contributed by atoms with Crippen LogP contribution in [0.25, 0.3) is 0 Å². The highest BCUT2D eigenvalue weighted by Crippen LogP contribution is 2.18. The number of benzene rings is 2. The Bertz CT molecular complexity index is 843. The smallest absolute Gasteiger partial charge is 0.253 e. The number of nitrogens with one attached hydrogen (secondary N) is 1. The average Bonchev–Trinajstić information content (AvgIpc) is 2.68. The molecule has 1 saturated heterocycles. The number of likely N-dealkylation sites (tertiary alicyclic amines) is 1. The Hall–Kier alpha value is -2.38. The highest BCUT2D eigenvalue weighted by atomic mass is 32.2. The number of ether oxygens (including phenoxy) is 1. The van der Waals surface area contributed by atoms with E-state index in [1.165, 1.54) is 0 Å². The van der Waals surface area contributed by atoms with E-state index in [9.17, 15) is 13.2 Å². The van der Waals surface area contributed by atoms with Gasteiger partial charge in [0.1, 0.15) is 5.75 Å². The van der Waals surface area contributed by atoms with Gasteiger partial charge in [-0.3, -0.25) is 4.79 Å². The summed E-state index contributed by atoms with van der Waals surface area (Å²) >= 11 is 0. The van der Waals surface area contributed by atoms with Crippen LogP contribution in [-0.4, -0.2) is 45.5 Å². The first-order chi connectivity index (χ1) is 12.5. The molecule has 0 aliphatic carbocycles. The third-order valence-corrected chi connectivity index (χ3v) is 6.03. The van der Waals surface area contributed by atoms with Gasteiger partial charge >= 0.3 is 0 Å². The molecule has 2 aromatic rings. The lowest BCUT2D eigenvalue weighted by atomic mass is 10.0. The lowest BCUT2D eigenvalue weighted by Crippen LogP contribution is -2.46. The maximum Gasteiger partial charge on any atom is 0.253 e. The predicted molar refractivity (Wildman–Crippen MR) is 98.7 cm³/mol. The second-order valence-corrected chi connectivity index (χ2v) is 7.94. The predicted octanol–water partition coefficient (Wildman–Crippen LogP) is 2.28. The van der Waals surface area contributed by atoms with Crippen molar-refractivity contribution in [2.24, 2.45) is 0 Å². The molecule has 0 bridgehead atoms. The molecule has 6 nitrogen and oxygen atoms in total. The molecule has 0 atom stereocenters. The van der Waals surface area contributed by atoms with Crippen molar-refractivity contribution in [3.8, 4) is 5.75 Å². The molecule has 138 valence electrons. The normalized spacial score (nSPS) is 15.7. The summed E-state index contributed by atoms with van der Waals surface area (Å²) in [6.45, 7) is 1.04. The lowest BCUT2D eigenvalue weighted by Gasteiger charge is -2.32. The van der Waals surface area contributed by atoms with Crippen molar-refractivity contribution in [1.82, 2.24) is 9.62 Å². The zero-order chi connectivity index (χ0) is 18.6. The van der Waals surface area contributed by atoms with E-state index in [1.807, 2.05) is 0 Å². The van der Waals surface area contributed by atoms with E-state index in [1.54, 1.807) is 66.6 Å². The number of amides is 1. The van der Waals surface area contributed by atoms with Gasteiger partial charge in [0.05, 0.1) is 12.0 Å². The van der Waals surface area contributed by atoms with Gasteiger partial charge < -0.3 is 9.64 Å². The van der Waals surface area contributed by atoms with Gasteiger partial charge in [0.15, 0.2) is 0 Å². The summed E-state index contributed by atoms with van der Waals surface area (Å²) in [5, 5.41) is 0. The van der Waals surface area contributed by atoms with Gasteiger partial charge in [0, 0.05) is 24.7 Å². The number of carbonyl (C=O) groups excluding carboxylic acids is 1. The van der Waals surface area contributed by atoms with Gasteiger partial charge in [0.25, 0.3) is 5.91 Å². The molecule has 1 N–H and O–H groups in total. The number of nitrogens with zero attached hydrogens (tertiary/aromatic N) is 1. The average molecular weight is 374 g/mol. The topological polar surface area (TPSA) is 75.7 Å². The van der Waals surface area contributed by atoms with Crippen molar-refractivity contribution in [1.29, 1.82) is 0 Å². The molecule has 1 fully saturated rings. The molecular weight excluding hydrogens is 352 g/mol.